The minimum atomic E-state index is -0.181. The Hall–Kier alpha value is -0.410. The van der Waals surface area contributed by atoms with Crippen LogP contribution in [0.1, 0.15) is 31.7 Å². The third kappa shape index (κ3) is 3.78. The van der Waals surface area contributed by atoms with Crippen LogP contribution in [0.15, 0.2) is 22.7 Å². The Kier molecular flexibility index (Phi) is 4.57. The summed E-state index contributed by atoms with van der Waals surface area (Å²) in [5.74, 6) is 0.693. The number of aryl methyl sites for hydroxylation is 1. The molecule has 94 valence electrons. The molecule has 1 aromatic rings. The zero-order chi connectivity index (χ0) is 12.3. The Morgan fingerprint density at radius 2 is 2.24 bits per heavy atom. The molecule has 1 unspecified atom stereocenters. The minimum absolute atomic E-state index is 0.181. The molecule has 3 heteroatoms. The lowest BCUT2D eigenvalue weighted by molar-refractivity contribution is 0.446. The molecule has 0 aliphatic heterocycles. The number of nitrogens with one attached hydrogen (secondary N) is 1. The van der Waals surface area contributed by atoms with Crippen molar-refractivity contribution >= 4 is 15.9 Å². The average Bonchev–Trinajstić information content (AvgIpc) is 3.13. The van der Waals surface area contributed by atoms with Crippen LogP contribution >= 0.6 is 15.9 Å². The predicted octanol–water partition coefficient (Wildman–Crippen LogP) is 3.91. The quantitative estimate of drug-likeness (QED) is 0.840. The van der Waals surface area contributed by atoms with Crippen molar-refractivity contribution in [2.45, 2.75) is 38.6 Å². The van der Waals surface area contributed by atoms with Crippen LogP contribution < -0.4 is 5.32 Å². The van der Waals surface area contributed by atoms with E-state index in [9.17, 15) is 4.39 Å². The molecule has 1 aliphatic rings. The van der Waals surface area contributed by atoms with Gasteiger partial charge in [0.05, 0.1) is 4.47 Å². The zero-order valence-electron chi connectivity index (χ0n) is 10.2. The summed E-state index contributed by atoms with van der Waals surface area (Å²) < 4.78 is 13.7. The van der Waals surface area contributed by atoms with Crippen molar-refractivity contribution in [2.24, 2.45) is 5.92 Å². The first-order chi connectivity index (χ1) is 8.20. The molecule has 0 saturated heterocycles. The molecule has 2 rings (SSSR count). The fourth-order valence-electron chi connectivity index (χ4n) is 2.28. The molecule has 1 aliphatic carbocycles. The van der Waals surface area contributed by atoms with Gasteiger partial charge in [-0.3, -0.25) is 0 Å². The molecular formula is C14H19BrFN. The van der Waals surface area contributed by atoms with Gasteiger partial charge in [0.1, 0.15) is 5.82 Å². The van der Waals surface area contributed by atoms with Crippen LogP contribution in [-0.2, 0) is 6.42 Å². The summed E-state index contributed by atoms with van der Waals surface area (Å²) in [5.41, 5.74) is 1.21. The molecule has 0 heterocycles. The normalized spacial score (nSPS) is 17.1. The van der Waals surface area contributed by atoms with Gasteiger partial charge < -0.3 is 5.32 Å². The van der Waals surface area contributed by atoms with E-state index >= 15 is 0 Å². The largest absolute Gasteiger partial charge is 0.314 e. The molecule has 1 fully saturated rings. The third-order valence-corrected chi connectivity index (χ3v) is 3.99. The Bertz CT molecular complexity index is 376. The summed E-state index contributed by atoms with van der Waals surface area (Å²) in [6, 6.07) is 5.96. The smallest absolute Gasteiger partial charge is 0.137 e. The second-order valence-corrected chi connectivity index (χ2v) is 5.64. The summed E-state index contributed by atoms with van der Waals surface area (Å²) in [4.78, 5) is 0. The Morgan fingerprint density at radius 3 is 2.82 bits per heavy atom. The topological polar surface area (TPSA) is 12.0 Å². The first kappa shape index (κ1) is 13.0. The van der Waals surface area contributed by atoms with Crippen molar-refractivity contribution in [1.82, 2.24) is 5.32 Å². The van der Waals surface area contributed by atoms with E-state index in [0.29, 0.717) is 10.5 Å². The Balaban J connectivity index is 1.89. The molecule has 1 saturated carbocycles. The van der Waals surface area contributed by atoms with Gasteiger partial charge in [-0.05, 0) is 71.8 Å². The molecule has 1 nitrogen and oxygen atoms in total. The molecule has 0 spiro atoms. The molecule has 1 atom stereocenters. The number of rotatable bonds is 6. The highest BCUT2D eigenvalue weighted by Gasteiger charge is 2.29. The lowest BCUT2D eigenvalue weighted by Gasteiger charge is -2.17. The van der Waals surface area contributed by atoms with Crippen molar-refractivity contribution in [3.8, 4) is 0 Å². The highest BCUT2D eigenvalue weighted by molar-refractivity contribution is 9.10. The fraction of sp³-hybridized carbons (Fsp3) is 0.571. The van der Waals surface area contributed by atoms with E-state index in [4.69, 9.17) is 0 Å². The number of halogens is 2. The minimum Gasteiger partial charge on any atom is -0.314 e. The molecule has 0 bridgehead atoms. The van der Waals surface area contributed by atoms with Crippen molar-refractivity contribution < 1.29 is 4.39 Å². The van der Waals surface area contributed by atoms with Gasteiger partial charge >= 0.3 is 0 Å². The summed E-state index contributed by atoms with van der Waals surface area (Å²) in [6.07, 6.45) is 4.90. The summed E-state index contributed by atoms with van der Waals surface area (Å²) in [6.45, 7) is 3.19. The predicted molar refractivity (Wildman–Crippen MR) is 72.6 cm³/mol. The molecule has 1 aromatic carbocycles. The molecule has 17 heavy (non-hydrogen) atoms. The zero-order valence-corrected chi connectivity index (χ0v) is 11.8. The molecular weight excluding hydrogens is 281 g/mol. The summed E-state index contributed by atoms with van der Waals surface area (Å²) >= 11 is 3.23. The van der Waals surface area contributed by atoms with Crippen LogP contribution in [0.2, 0.25) is 0 Å². The van der Waals surface area contributed by atoms with Crippen molar-refractivity contribution in [3.05, 3.63) is 34.1 Å². The standard InChI is InChI=1S/C14H19BrFN/c1-2-17-14(11-5-6-11)8-4-10-3-7-13(16)12(15)9-10/h3,7,9,11,14,17H,2,4-6,8H2,1H3. The van der Waals surface area contributed by atoms with Crippen molar-refractivity contribution in [2.75, 3.05) is 6.54 Å². The van der Waals surface area contributed by atoms with Crippen molar-refractivity contribution in [1.29, 1.82) is 0 Å². The maximum atomic E-state index is 13.1. The van der Waals surface area contributed by atoms with Crippen LogP contribution in [0.4, 0.5) is 4.39 Å². The second-order valence-electron chi connectivity index (χ2n) is 4.79. The monoisotopic (exact) mass is 299 g/mol. The van der Waals surface area contributed by atoms with Gasteiger partial charge in [-0.15, -0.1) is 0 Å². The maximum Gasteiger partial charge on any atom is 0.137 e. The Labute approximate surface area is 111 Å². The van der Waals surface area contributed by atoms with Gasteiger partial charge in [0, 0.05) is 6.04 Å². The molecule has 0 amide bonds. The molecule has 0 aromatic heterocycles. The van der Waals surface area contributed by atoms with Gasteiger partial charge in [0.15, 0.2) is 0 Å². The lowest BCUT2D eigenvalue weighted by atomic mass is 10.0. The SMILES string of the molecule is CCNC(CCc1ccc(F)c(Br)c1)C1CC1. The van der Waals surface area contributed by atoms with E-state index < -0.39 is 0 Å². The first-order valence-corrected chi connectivity index (χ1v) is 7.17. The van der Waals surface area contributed by atoms with E-state index in [0.717, 1.165) is 25.3 Å². The number of benzene rings is 1. The summed E-state index contributed by atoms with van der Waals surface area (Å²) in [7, 11) is 0. The van der Waals surface area contributed by atoms with Crippen LogP contribution in [0.3, 0.4) is 0 Å². The van der Waals surface area contributed by atoms with E-state index in [1.807, 2.05) is 12.1 Å². The highest BCUT2D eigenvalue weighted by atomic mass is 79.9. The third-order valence-electron chi connectivity index (χ3n) is 3.39. The van der Waals surface area contributed by atoms with Crippen LogP contribution in [0, 0.1) is 11.7 Å². The highest BCUT2D eigenvalue weighted by Crippen LogP contribution is 2.34. The van der Waals surface area contributed by atoms with E-state index in [2.05, 4.69) is 28.2 Å². The van der Waals surface area contributed by atoms with Gasteiger partial charge in [-0.25, -0.2) is 4.39 Å². The van der Waals surface area contributed by atoms with Gasteiger partial charge in [0.25, 0.3) is 0 Å². The van der Waals surface area contributed by atoms with Crippen LogP contribution in [0.25, 0.3) is 0 Å². The van der Waals surface area contributed by atoms with Gasteiger partial charge in [-0.2, -0.15) is 0 Å². The first-order valence-electron chi connectivity index (χ1n) is 6.38. The van der Waals surface area contributed by atoms with Gasteiger partial charge in [0.2, 0.25) is 0 Å². The van der Waals surface area contributed by atoms with E-state index in [1.165, 1.54) is 18.4 Å². The van der Waals surface area contributed by atoms with E-state index in [-0.39, 0.29) is 5.82 Å². The maximum absolute atomic E-state index is 13.1. The van der Waals surface area contributed by atoms with Crippen LogP contribution in [-0.4, -0.2) is 12.6 Å². The van der Waals surface area contributed by atoms with Crippen LogP contribution in [0.5, 0.6) is 0 Å². The average molecular weight is 300 g/mol. The second kappa shape index (κ2) is 5.96. The number of hydrogen-bond acceptors (Lipinski definition) is 1. The van der Waals surface area contributed by atoms with Crippen molar-refractivity contribution in [3.63, 3.8) is 0 Å². The van der Waals surface area contributed by atoms with Gasteiger partial charge in [-0.1, -0.05) is 13.0 Å². The fourth-order valence-corrected chi connectivity index (χ4v) is 2.71. The van der Waals surface area contributed by atoms with E-state index in [1.54, 1.807) is 6.07 Å². The molecule has 1 N–H and O–H groups in total. The molecule has 0 radical (unpaired) electrons. The lowest BCUT2D eigenvalue weighted by Crippen LogP contribution is -2.31. The number of hydrogen-bond donors (Lipinski definition) is 1. The Morgan fingerprint density at radius 1 is 1.47 bits per heavy atom. The summed E-state index contributed by atoms with van der Waals surface area (Å²) in [5, 5.41) is 3.55.